The molecule has 0 aliphatic carbocycles. The molecule has 3 N–H and O–H groups in total. The lowest BCUT2D eigenvalue weighted by Crippen LogP contribution is -2.07. The van der Waals surface area contributed by atoms with E-state index in [0.717, 1.165) is 23.3 Å². The molecule has 2 aromatic rings. The Kier molecular flexibility index (Phi) is 4.87. The van der Waals surface area contributed by atoms with Gasteiger partial charge in [0, 0.05) is 25.2 Å². The molecule has 0 fully saturated rings. The molecule has 0 heterocycles. The fourth-order valence-electron chi connectivity index (χ4n) is 1.95. The molecule has 0 amide bonds. The summed E-state index contributed by atoms with van der Waals surface area (Å²) in [6, 6.07) is 9.73. The van der Waals surface area contributed by atoms with E-state index in [2.05, 4.69) is 21.2 Å². The fourth-order valence-corrected chi connectivity index (χ4v) is 2.28. The van der Waals surface area contributed by atoms with Crippen molar-refractivity contribution < 1.29 is 9.31 Å². The quantitative estimate of drug-likeness (QED) is 0.635. The number of hydrogen-bond donors (Lipinski definition) is 2. The molecule has 0 aliphatic rings. The Morgan fingerprint density at radius 2 is 1.95 bits per heavy atom. The molecule has 0 spiro atoms. The van der Waals surface area contributed by atoms with Gasteiger partial charge in [-0.15, -0.1) is 0 Å². The van der Waals surface area contributed by atoms with Gasteiger partial charge in [-0.1, -0.05) is 24.3 Å². The van der Waals surface area contributed by atoms with Gasteiger partial charge < -0.3 is 11.1 Å². The maximum atomic E-state index is 13.6. The van der Waals surface area contributed by atoms with E-state index in [1.54, 1.807) is 0 Å². The Bertz CT molecular complexity index is 679. The minimum atomic E-state index is -0.560. The van der Waals surface area contributed by atoms with Crippen LogP contribution in [-0.2, 0) is 13.1 Å². The molecule has 0 saturated carbocycles. The number of nitro groups is 1. The summed E-state index contributed by atoms with van der Waals surface area (Å²) in [4.78, 5) is 10.5. The van der Waals surface area contributed by atoms with E-state index in [9.17, 15) is 14.5 Å². The van der Waals surface area contributed by atoms with Gasteiger partial charge in [0.1, 0.15) is 11.5 Å². The number of hydrogen-bond acceptors (Lipinski definition) is 4. The SMILES string of the molecule is NCc1ccccc1CNc1cc(F)c(Br)cc1[N+](=O)[O-]. The molecule has 7 heteroatoms. The van der Waals surface area contributed by atoms with Gasteiger partial charge in [-0.2, -0.15) is 0 Å². The molecule has 0 aliphatic heterocycles. The maximum Gasteiger partial charge on any atom is 0.293 e. The summed E-state index contributed by atoms with van der Waals surface area (Å²) in [6.45, 7) is 0.698. The number of nitrogens with zero attached hydrogens (tertiary/aromatic N) is 1. The number of nitro benzene ring substituents is 1. The van der Waals surface area contributed by atoms with Crippen LogP contribution in [0.4, 0.5) is 15.8 Å². The van der Waals surface area contributed by atoms with Gasteiger partial charge in [0.25, 0.3) is 5.69 Å². The van der Waals surface area contributed by atoms with Crippen molar-refractivity contribution in [2.75, 3.05) is 5.32 Å². The van der Waals surface area contributed by atoms with Gasteiger partial charge in [0.15, 0.2) is 0 Å². The molecule has 110 valence electrons. The summed E-state index contributed by atoms with van der Waals surface area (Å²) in [5.74, 6) is -0.560. The van der Waals surface area contributed by atoms with Crippen molar-refractivity contribution in [3.8, 4) is 0 Å². The zero-order valence-electron chi connectivity index (χ0n) is 11.0. The molecule has 0 radical (unpaired) electrons. The highest BCUT2D eigenvalue weighted by atomic mass is 79.9. The molecule has 0 unspecified atom stereocenters. The van der Waals surface area contributed by atoms with Crippen molar-refractivity contribution in [2.24, 2.45) is 5.73 Å². The Hall–Kier alpha value is -1.99. The number of anilines is 1. The van der Waals surface area contributed by atoms with Crippen molar-refractivity contribution in [1.82, 2.24) is 0 Å². The third-order valence-corrected chi connectivity index (χ3v) is 3.65. The average Bonchev–Trinajstić information content (AvgIpc) is 2.48. The van der Waals surface area contributed by atoms with Gasteiger partial charge in [-0.3, -0.25) is 10.1 Å². The van der Waals surface area contributed by atoms with Gasteiger partial charge in [0.05, 0.1) is 9.40 Å². The van der Waals surface area contributed by atoms with Crippen LogP contribution in [0.25, 0.3) is 0 Å². The lowest BCUT2D eigenvalue weighted by molar-refractivity contribution is -0.384. The summed E-state index contributed by atoms with van der Waals surface area (Å²) in [5, 5.41) is 13.9. The predicted molar refractivity (Wildman–Crippen MR) is 82.4 cm³/mol. The highest BCUT2D eigenvalue weighted by Crippen LogP contribution is 2.31. The molecular weight excluding hydrogens is 341 g/mol. The Balaban J connectivity index is 2.27. The van der Waals surface area contributed by atoms with Gasteiger partial charge in [0.2, 0.25) is 0 Å². The molecule has 0 saturated heterocycles. The molecule has 0 atom stereocenters. The van der Waals surface area contributed by atoms with Crippen LogP contribution in [0.3, 0.4) is 0 Å². The van der Waals surface area contributed by atoms with Crippen LogP contribution < -0.4 is 11.1 Å². The second-order valence-electron chi connectivity index (χ2n) is 4.37. The monoisotopic (exact) mass is 353 g/mol. The van der Waals surface area contributed by atoms with Gasteiger partial charge >= 0.3 is 0 Å². The molecular formula is C14H13BrFN3O2. The lowest BCUT2D eigenvalue weighted by atomic mass is 10.1. The van der Waals surface area contributed by atoms with Crippen LogP contribution in [0.2, 0.25) is 0 Å². The van der Waals surface area contributed by atoms with Crippen LogP contribution in [-0.4, -0.2) is 4.92 Å². The number of nitrogens with two attached hydrogens (primary N) is 1. The van der Waals surface area contributed by atoms with E-state index in [-0.39, 0.29) is 15.8 Å². The topological polar surface area (TPSA) is 81.2 Å². The summed E-state index contributed by atoms with van der Waals surface area (Å²) < 4.78 is 13.6. The van der Waals surface area contributed by atoms with Gasteiger partial charge in [-0.25, -0.2) is 4.39 Å². The molecule has 21 heavy (non-hydrogen) atoms. The smallest absolute Gasteiger partial charge is 0.293 e. The number of nitrogens with one attached hydrogen (secondary N) is 1. The number of benzene rings is 2. The summed E-state index contributed by atoms with van der Waals surface area (Å²) in [5.41, 5.74) is 7.43. The fraction of sp³-hybridized carbons (Fsp3) is 0.143. The highest BCUT2D eigenvalue weighted by molar-refractivity contribution is 9.10. The summed E-state index contributed by atoms with van der Waals surface area (Å²) in [6.07, 6.45) is 0. The van der Waals surface area contributed by atoms with Crippen molar-refractivity contribution in [1.29, 1.82) is 0 Å². The molecule has 2 rings (SSSR count). The van der Waals surface area contributed by atoms with Crippen LogP contribution >= 0.6 is 15.9 Å². The van der Waals surface area contributed by atoms with E-state index < -0.39 is 10.7 Å². The van der Waals surface area contributed by atoms with Crippen molar-refractivity contribution in [3.63, 3.8) is 0 Å². The standard InChI is InChI=1S/C14H13BrFN3O2/c15-11-5-14(19(20)21)13(6-12(11)16)18-8-10-4-2-1-3-9(10)7-17/h1-6,18H,7-8,17H2. The lowest BCUT2D eigenvalue weighted by Gasteiger charge is -2.11. The van der Waals surface area contributed by atoms with Crippen LogP contribution in [0.5, 0.6) is 0 Å². The Labute approximate surface area is 129 Å². The van der Waals surface area contributed by atoms with E-state index in [1.165, 1.54) is 0 Å². The predicted octanol–water partition coefficient (Wildman–Crippen LogP) is 3.57. The third-order valence-electron chi connectivity index (χ3n) is 3.04. The second kappa shape index (κ2) is 6.64. The van der Waals surface area contributed by atoms with Crippen molar-refractivity contribution in [3.05, 3.63) is 67.9 Å². The van der Waals surface area contributed by atoms with Crippen LogP contribution in [0, 0.1) is 15.9 Å². The van der Waals surface area contributed by atoms with E-state index in [1.807, 2.05) is 24.3 Å². The van der Waals surface area contributed by atoms with E-state index in [0.29, 0.717) is 13.1 Å². The summed E-state index contributed by atoms with van der Waals surface area (Å²) >= 11 is 2.94. The zero-order valence-corrected chi connectivity index (χ0v) is 12.6. The first-order valence-corrected chi connectivity index (χ1v) is 6.96. The first-order valence-electron chi connectivity index (χ1n) is 6.17. The Morgan fingerprint density at radius 1 is 1.29 bits per heavy atom. The molecule has 0 aromatic heterocycles. The van der Waals surface area contributed by atoms with Gasteiger partial charge in [-0.05, 0) is 27.1 Å². The van der Waals surface area contributed by atoms with Crippen LogP contribution in [0.15, 0.2) is 40.9 Å². The Morgan fingerprint density at radius 3 is 2.57 bits per heavy atom. The molecule has 5 nitrogen and oxygen atoms in total. The normalized spacial score (nSPS) is 10.4. The average molecular weight is 354 g/mol. The first-order chi connectivity index (χ1) is 10.0. The zero-order chi connectivity index (χ0) is 15.4. The minimum Gasteiger partial charge on any atom is -0.375 e. The number of rotatable bonds is 5. The van der Waals surface area contributed by atoms with Crippen molar-refractivity contribution >= 4 is 27.3 Å². The number of halogens is 2. The van der Waals surface area contributed by atoms with Crippen LogP contribution in [0.1, 0.15) is 11.1 Å². The first kappa shape index (κ1) is 15.4. The molecule has 0 bridgehead atoms. The second-order valence-corrected chi connectivity index (χ2v) is 5.22. The maximum absolute atomic E-state index is 13.6. The largest absolute Gasteiger partial charge is 0.375 e. The summed E-state index contributed by atoms with van der Waals surface area (Å²) in [7, 11) is 0. The van der Waals surface area contributed by atoms with E-state index in [4.69, 9.17) is 5.73 Å². The highest BCUT2D eigenvalue weighted by Gasteiger charge is 2.17. The van der Waals surface area contributed by atoms with E-state index >= 15 is 0 Å². The van der Waals surface area contributed by atoms with Crippen molar-refractivity contribution in [2.45, 2.75) is 13.1 Å². The minimum absolute atomic E-state index is 0.0575. The molecule has 2 aromatic carbocycles. The third kappa shape index (κ3) is 3.56.